The average Bonchev–Trinajstić information content (AvgIpc) is 2.82. The van der Waals surface area contributed by atoms with Gasteiger partial charge in [0.25, 0.3) is 0 Å². The van der Waals surface area contributed by atoms with Gasteiger partial charge in [-0.3, -0.25) is 9.00 Å². The number of aromatic nitrogens is 2. The summed E-state index contributed by atoms with van der Waals surface area (Å²) in [5.41, 5.74) is 0.699. The highest BCUT2D eigenvalue weighted by molar-refractivity contribution is 7.99. The molecule has 5 nitrogen and oxygen atoms in total. The van der Waals surface area contributed by atoms with Gasteiger partial charge in [-0.1, -0.05) is 11.8 Å². The number of thioether (sulfide) groups is 1. The van der Waals surface area contributed by atoms with Gasteiger partial charge in [-0.25, -0.2) is 4.98 Å². The molecule has 1 aromatic heterocycles. The lowest BCUT2D eigenvalue weighted by Crippen LogP contribution is -2.14. The fraction of sp³-hybridized carbons (Fsp3) is 0.231. The van der Waals surface area contributed by atoms with Crippen LogP contribution in [-0.4, -0.2) is 31.7 Å². The Kier molecular flexibility index (Phi) is 4.97. The third kappa shape index (κ3) is 3.94. The molecule has 0 saturated heterocycles. The third-order valence-electron chi connectivity index (χ3n) is 2.58. The molecule has 106 valence electrons. The minimum Gasteiger partial charge on any atom is -0.329 e. The van der Waals surface area contributed by atoms with Crippen LogP contribution in [0.1, 0.15) is 0 Å². The molecular formula is C13H15N3O2S2. The lowest BCUT2D eigenvalue weighted by Gasteiger charge is -2.05. The molecule has 0 unspecified atom stereocenters. The predicted octanol–water partition coefficient (Wildman–Crippen LogP) is 1.89. The first kappa shape index (κ1) is 14.8. The molecule has 0 saturated carbocycles. The maximum Gasteiger partial charge on any atom is 0.234 e. The summed E-state index contributed by atoms with van der Waals surface area (Å²) in [6.45, 7) is 0. The minimum atomic E-state index is -1.00. The van der Waals surface area contributed by atoms with E-state index in [0.29, 0.717) is 11.4 Å². The number of nitrogens with one attached hydrogen (secondary N) is 1. The quantitative estimate of drug-likeness (QED) is 0.857. The van der Waals surface area contributed by atoms with Crippen LogP contribution in [0.25, 0.3) is 0 Å². The number of anilines is 1. The zero-order chi connectivity index (χ0) is 14.5. The SMILES string of the molecule is Cn1ccnc1SCC(=O)Nc1ccc([S@@](C)=O)cc1. The zero-order valence-electron chi connectivity index (χ0n) is 11.2. The van der Waals surface area contributed by atoms with Gasteiger partial charge in [0.1, 0.15) is 0 Å². The van der Waals surface area contributed by atoms with Gasteiger partial charge >= 0.3 is 0 Å². The summed E-state index contributed by atoms with van der Waals surface area (Å²) in [5.74, 6) is 0.204. The van der Waals surface area contributed by atoms with Crippen molar-refractivity contribution in [1.29, 1.82) is 0 Å². The molecule has 1 atom stereocenters. The van der Waals surface area contributed by atoms with Gasteiger partial charge in [0, 0.05) is 47.1 Å². The second-order valence-electron chi connectivity index (χ2n) is 4.14. The van der Waals surface area contributed by atoms with Gasteiger partial charge < -0.3 is 9.88 Å². The standard InChI is InChI=1S/C13H15N3O2S2/c1-16-8-7-14-13(16)19-9-12(17)15-10-3-5-11(6-4-10)20(2)18/h3-8H,9H2,1-2H3,(H,15,17)/t20-/m1/s1. The first-order valence-electron chi connectivity index (χ1n) is 5.90. The molecule has 7 heteroatoms. The fourth-order valence-corrected chi connectivity index (χ4v) is 2.80. The number of benzene rings is 1. The normalized spacial score (nSPS) is 12.1. The van der Waals surface area contributed by atoms with Crippen LogP contribution >= 0.6 is 11.8 Å². The van der Waals surface area contributed by atoms with Crippen molar-refractivity contribution in [2.45, 2.75) is 10.1 Å². The van der Waals surface area contributed by atoms with Crippen LogP contribution in [0.4, 0.5) is 5.69 Å². The monoisotopic (exact) mass is 309 g/mol. The molecule has 0 spiro atoms. The number of carbonyl (C=O) groups is 1. The Bertz CT molecular complexity index is 623. The van der Waals surface area contributed by atoms with Crippen LogP contribution in [-0.2, 0) is 22.6 Å². The van der Waals surface area contributed by atoms with Crippen LogP contribution in [0, 0.1) is 0 Å². The van der Waals surface area contributed by atoms with Crippen LogP contribution in [0.2, 0.25) is 0 Å². The Morgan fingerprint density at radius 3 is 2.65 bits per heavy atom. The summed E-state index contributed by atoms with van der Waals surface area (Å²) in [6.07, 6.45) is 5.16. The molecule has 2 aromatic rings. The topological polar surface area (TPSA) is 64.0 Å². The summed E-state index contributed by atoms with van der Waals surface area (Å²) in [5, 5.41) is 3.60. The molecule has 0 fully saturated rings. The van der Waals surface area contributed by atoms with Gasteiger partial charge in [-0.15, -0.1) is 0 Å². The van der Waals surface area contributed by atoms with Crippen LogP contribution in [0.15, 0.2) is 46.7 Å². The molecule has 0 aliphatic carbocycles. The van der Waals surface area contributed by atoms with E-state index in [0.717, 1.165) is 10.1 Å². The first-order chi connectivity index (χ1) is 9.56. The second-order valence-corrected chi connectivity index (χ2v) is 6.46. The lowest BCUT2D eigenvalue weighted by atomic mass is 10.3. The number of amides is 1. The van der Waals surface area contributed by atoms with Gasteiger partial charge in [-0.05, 0) is 24.3 Å². The summed E-state index contributed by atoms with van der Waals surface area (Å²) in [6, 6.07) is 7.00. The molecule has 1 aromatic carbocycles. The first-order valence-corrected chi connectivity index (χ1v) is 8.44. The van der Waals surface area contributed by atoms with Crippen LogP contribution < -0.4 is 5.32 Å². The van der Waals surface area contributed by atoms with Crippen molar-refractivity contribution < 1.29 is 9.00 Å². The van der Waals surface area contributed by atoms with E-state index in [1.165, 1.54) is 11.8 Å². The molecule has 0 aliphatic heterocycles. The minimum absolute atomic E-state index is 0.0941. The highest BCUT2D eigenvalue weighted by Gasteiger charge is 2.06. The molecule has 0 bridgehead atoms. The molecule has 2 rings (SSSR count). The summed E-state index contributed by atoms with van der Waals surface area (Å²) in [4.78, 5) is 16.7. The van der Waals surface area contributed by atoms with Gasteiger partial charge in [0.2, 0.25) is 5.91 Å². The van der Waals surface area contributed by atoms with E-state index in [9.17, 15) is 9.00 Å². The van der Waals surface area contributed by atoms with E-state index < -0.39 is 10.8 Å². The second kappa shape index (κ2) is 6.71. The summed E-state index contributed by atoms with van der Waals surface area (Å²) >= 11 is 1.38. The van der Waals surface area contributed by atoms with Crippen molar-refractivity contribution >= 4 is 34.2 Å². The maximum absolute atomic E-state index is 11.8. The largest absolute Gasteiger partial charge is 0.329 e. The highest BCUT2D eigenvalue weighted by atomic mass is 32.2. The van der Waals surface area contributed by atoms with Crippen LogP contribution in [0.3, 0.4) is 0 Å². The van der Waals surface area contributed by atoms with E-state index in [2.05, 4.69) is 10.3 Å². The number of nitrogens with zero attached hydrogens (tertiary/aromatic N) is 2. The van der Waals surface area contributed by atoms with Gasteiger partial charge in [0.05, 0.1) is 5.75 Å². The highest BCUT2D eigenvalue weighted by Crippen LogP contribution is 2.16. The Morgan fingerprint density at radius 2 is 2.10 bits per heavy atom. The van der Waals surface area contributed by atoms with Crippen molar-refractivity contribution in [1.82, 2.24) is 9.55 Å². The number of hydrogen-bond acceptors (Lipinski definition) is 4. The van der Waals surface area contributed by atoms with Crippen molar-refractivity contribution in [3.8, 4) is 0 Å². The Balaban J connectivity index is 1.88. The predicted molar refractivity (Wildman–Crippen MR) is 81.3 cm³/mol. The van der Waals surface area contributed by atoms with Crippen molar-refractivity contribution in [3.05, 3.63) is 36.7 Å². The summed E-state index contributed by atoms with van der Waals surface area (Å²) in [7, 11) is 0.882. The van der Waals surface area contributed by atoms with Crippen molar-refractivity contribution in [3.63, 3.8) is 0 Å². The van der Waals surface area contributed by atoms with Gasteiger partial charge in [0.15, 0.2) is 5.16 Å². The number of aryl methyl sites for hydroxylation is 1. The van der Waals surface area contributed by atoms with Crippen molar-refractivity contribution in [2.75, 3.05) is 17.3 Å². The van der Waals surface area contributed by atoms with E-state index in [4.69, 9.17) is 0 Å². The Hall–Kier alpha value is -1.60. The third-order valence-corrected chi connectivity index (χ3v) is 4.57. The van der Waals surface area contributed by atoms with Crippen LogP contribution in [0.5, 0.6) is 0 Å². The maximum atomic E-state index is 11.8. The molecule has 1 N–H and O–H groups in total. The van der Waals surface area contributed by atoms with Crippen molar-refractivity contribution in [2.24, 2.45) is 7.05 Å². The van der Waals surface area contributed by atoms with E-state index in [-0.39, 0.29) is 5.91 Å². The Morgan fingerprint density at radius 1 is 1.40 bits per heavy atom. The smallest absolute Gasteiger partial charge is 0.234 e. The van der Waals surface area contributed by atoms with Gasteiger partial charge in [-0.2, -0.15) is 0 Å². The number of carbonyl (C=O) groups excluding carboxylic acids is 1. The number of rotatable bonds is 5. The molecule has 0 aliphatic rings. The average molecular weight is 309 g/mol. The Labute approximate surface area is 124 Å². The molecule has 20 heavy (non-hydrogen) atoms. The number of hydrogen-bond donors (Lipinski definition) is 1. The molecule has 1 heterocycles. The lowest BCUT2D eigenvalue weighted by molar-refractivity contribution is -0.113. The number of imidazole rings is 1. The fourth-order valence-electron chi connectivity index (χ4n) is 1.55. The molecule has 0 radical (unpaired) electrons. The van der Waals surface area contributed by atoms with E-state index >= 15 is 0 Å². The zero-order valence-corrected chi connectivity index (χ0v) is 12.8. The van der Waals surface area contributed by atoms with E-state index in [1.54, 1.807) is 36.7 Å². The molecular weight excluding hydrogens is 294 g/mol. The van der Waals surface area contributed by atoms with E-state index in [1.807, 2.05) is 17.8 Å². The molecule has 1 amide bonds. The summed E-state index contributed by atoms with van der Waals surface area (Å²) < 4.78 is 13.1.